The highest BCUT2D eigenvalue weighted by Crippen LogP contribution is 2.22. The maximum absolute atomic E-state index is 11.8. The summed E-state index contributed by atoms with van der Waals surface area (Å²) in [4.78, 5) is 35.1. The van der Waals surface area contributed by atoms with E-state index in [2.05, 4.69) is 10.6 Å². The minimum atomic E-state index is -0.696. The lowest BCUT2D eigenvalue weighted by Crippen LogP contribution is -2.46. The minimum absolute atomic E-state index is 0.295. The summed E-state index contributed by atoms with van der Waals surface area (Å²) in [6.45, 7) is 3.36. The van der Waals surface area contributed by atoms with Gasteiger partial charge in [-0.1, -0.05) is 18.2 Å². The number of hydrogen-bond donors (Lipinski definition) is 2. The number of carbonyl (C=O) groups excluding carboxylic acids is 3. The standard InChI is InChI=1S/C21H24N2O5/c1-4-22-21(26)14(2)23-19(24)13-28-20(25)10-6-15-5-7-17-12-18(27-3)9-8-16(17)11-15/h5-12,14H,4,13H2,1-3H3,(H,22,26)(H,23,24)/b10-6+/t14-/m0/s1. The Morgan fingerprint density at radius 3 is 2.54 bits per heavy atom. The molecule has 0 unspecified atom stereocenters. The predicted molar refractivity (Wildman–Crippen MR) is 107 cm³/mol. The van der Waals surface area contributed by atoms with Crippen molar-refractivity contribution in [2.45, 2.75) is 19.9 Å². The van der Waals surface area contributed by atoms with E-state index in [-0.39, 0.29) is 5.91 Å². The van der Waals surface area contributed by atoms with E-state index < -0.39 is 24.5 Å². The molecule has 0 aliphatic rings. The van der Waals surface area contributed by atoms with Gasteiger partial charge in [0.15, 0.2) is 6.61 Å². The van der Waals surface area contributed by atoms with Crippen molar-refractivity contribution in [1.82, 2.24) is 10.6 Å². The van der Waals surface area contributed by atoms with Crippen molar-refractivity contribution in [3.05, 3.63) is 48.0 Å². The second-order valence-corrected chi connectivity index (χ2v) is 6.10. The van der Waals surface area contributed by atoms with Crippen LogP contribution in [0.2, 0.25) is 0 Å². The average Bonchev–Trinajstić information content (AvgIpc) is 2.70. The van der Waals surface area contributed by atoms with Gasteiger partial charge in [-0.2, -0.15) is 0 Å². The molecule has 0 saturated heterocycles. The zero-order valence-corrected chi connectivity index (χ0v) is 16.2. The van der Waals surface area contributed by atoms with E-state index in [9.17, 15) is 14.4 Å². The van der Waals surface area contributed by atoms with E-state index in [1.54, 1.807) is 27.0 Å². The molecule has 0 fully saturated rings. The van der Waals surface area contributed by atoms with Gasteiger partial charge in [-0.25, -0.2) is 4.79 Å². The zero-order valence-electron chi connectivity index (χ0n) is 16.2. The molecule has 2 aromatic rings. The van der Waals surface area contributed by atoms with Gasteiger partial charge in [-0.05, 0) is 54.5 Å². The maximum atomic E-state index is 11.8. The summed E-state index contributed by atoms with van der Waals surface area (Å²) in [6.07, 6.45) is 2.87. The Kier molecular flexibility index (Phi) is 7.56. The summed E-state index contributed by atoms with van der Waals surface area (Å²) in [5.74, 6) is -0.703. The first kappa shape index (κ1) is 21.0. The lowest BCUT2D eigenvalue weighted by molar-refractivity contribution is -0.144. The van der Waals surface area contributed by atoms with Crippen LogP contribution in [0.3, 0.4) is 0 Å². The molecule has 1 atom stereocenters. The van der Waals surface area contributed by atoms with Crippen LogP contribution >= 0.6 is 0 Å². The zero-order chi connectivity index (χ0) is 20.5. The summed E-state index contributed by atoms with van der Waals surface area (Å²) in [5, 5.41) is 7.09. The van der Waals surface area contributed by atoms with Crippen LogP contribution in [-0.4, -0.2) is 44.1 Å². The summed E-state index contributed by atoms with van der Waals surface area (Å²) in [5.41, 5.74) is 0.823. The van der Waals surface area contributed by atoms with Crippen LogP contribution in [0.25, 0.3) is 16.8 Å². The van der Waals surface area contributed by atoms with Crippen molar-refractivity contribution >= 4 is 34.6 Å². The number of carbonyl (C=O) groups is 3. The van der Waals surface area contributed by atoms with E-state index in [4.69, 9.17) is 9.47 Å². The molecular formula is C21H24N2O5. The van der Waals surface area contributed by atoms with Crippen LogP contribution in [0, 0.1) is 0 Å². The first-order valence-electron chi connectivity index (χ1n) is 8.92. The third kappa shape index (κ3) is 6.12. The van der Waals surface area contributed by atoms with Crippen molar-refractivity contribution in [2.24, 2.45) is 0 Å². The molecule has 2 N–H and O–H groups in total. The lowest BCUT2D eigenvalue weighted by atomic mass is 10.1. The van der Waals surface area contributed by atoms with Crippen molar-refractivity contribution in [1.29, 1.82) is 0 Å². The number of amides is 2. The maximum Gasteiger partial charge on any atom is 0.331 e. The molecule has 0 spiro atoms. The van der Waals surface area contributed by atoms with Crippen molar-refractivity contribution < 1.29 is 23.9 Å². The number of fused-ring (bicyclic) bond motifs is 1. The summed E-state index contributed by atoms with van der Waals surface area (Å²) in [6, 6.07) is 10.8. The SMILES string of the molecule is CCNC(=O)[C@H](C)NC(=O)COC(=O)/C=C/c1ccc2cc(OC)ccc2c1. The molecule has 2 amide bonds. The fraction of sp³-hybridized carbons (Fsp3) is 0.286. The Hall–Kier alpha value is -3.35. The fourth-order valence-electron chi connectivity index (χ4n) is 2.50. The Morgan fingerprint density at radius 2 is 1.82 bits per heavy atom. The third-order valence-electron chi connectivity index (χ3n) is 3.95. The Labute approximate surface area is 163 Å². The third-order valence-corrected chi connectivity index (χ3v) is 3.95. The summed E-state index contributed by atoms with van der Waals surface area (Å²) < 4.78 is 10.1. The molecule has 0 aromatic heterocycles. The fourth-order valence-corrected chi connectivity index (χ4v) is 2.50. The monoisotopic (exact) mass is 384 g/mol. The van der Waals surface area contributed by atoms with Gasteiger partial charge in [0.2, 0.25) is 5.91 Å². The van der Waals surface area contributed by atoms with Gasteiger partial charge >= 0.3 is 5.97 Å². The van der Waals surface area contributed by atoms with Crippen LogP contribution in [0.15, 0.2) is 42.5 Å². The largest absolute Gasteiger partial charge is 0.497 e. The number of benzene rings is 2. The summed E-state index contributed by atoms with van der Waals surface area (Å²) in [7, 11) is 1.62. The second kappa shape index (κ2) is 10.1. The van der Waals surface area contributed by atoms with Gasteiger partial charge in [0.25, 0.3) is 5.91 Å². The van der Waals surface area contributed by atoms with Crippen molar-refractivity contribution in [3.63, 3.8) is 0 Å². The normalized spacial score (nSPS) is 11.8. The van der Waals surface area contributed by atoms with E-state index in [0.29, 0.717) is 6.54 Å². The van der Waals surface area contributed by atoms with E-state index in [1.807, 2.05) is 36.4 Å². The highest BCUT2D eigenvalue weighted by Gasteiger charge is 2.15. The number of ether oxygens (including phenoxy) is 2. The minimum Gasteiger partial charge on any atom is -0.497 e. The van der Waals surface area contributed by atoms with E-state index in [1.165, 1.54) is 6.08 Å². The quantitative estimate of drug-likeness (QED) is 0.537. The molecule has 0 radical (unpaired) electrons. The van der Waals surface area contributed by atoms with Crippen molar-refractivity contribution in [2.75, 3.05) is 20.3 Å². The lowest BCUT2D eigenvalue weighted by Gasteiger charge is -2.12. The molecular weight excluding hydrogens is 360 g/mol. The topological polar surface area (TPSA) is 93.7 Å². The number of methoxy groups -OCH3 is 1. The van der Waals surface area contributed by atoms with Gasteiger partial charge in [0.1, 0.15) is 11.8 Å². The molecule has 0 saturated carbocycles. The first-order valence-corrected chi connectivity index (χ1v) is 8.92. The Morgan fingerprint density at radius 1 is 1.11 bits per heavy atom. The smallest absolute Gasteiger partial charge is 0.331 e. The molecule has 2 aromatic carbocycles. The van der Waals surface area contributed by atoms with E-state index in [0.717, 1.165) is 22.1 Å². The molecule has 28 heavy (non-hydrogen) atoms. The average molecular weight is 384 g/mol. The van der Waals surface area contributed by atoms with Crippen LogP contribution in [0.4, 0.5) is 0 Å². The molecule has 0 heterocycles. The van der Waals surface area contributed by atoms with Gasteiger partial charge in [0, 0.05) is 12.6 Å². The molecule has 0 bridgehead atoms. The summed E-state index contributed by atoms with van der Waals surface area (Å²) >= 11 is 0. The molecule has 0 aliphatic heterocycles. The Bertz CT molecular complexity index is 891. The number of esters is 1. The van der Waals surface area contributed by atoms with Crippen LogP contribution < -0.4 is 15.4 Å². The number of nitrogens with one attached hydrogen (secondary N) is 2. The van der Waals surface area contributed by atoms with Crippen molar-refractivity contribution in [3.8, 4) is 5.75 Å². The molecule has 2 rings (SSSR count). The second-order valence-electron chi connectivity index (χ2n) is 6.10. The Balaban J connectivity index is 1.87. The van der Waals surface area contributed by atoms with Gasteiger partial charge < -0.3 is 20.1 Å². The number of likely N-dealkylation sites (N-methyl/N-ethyl adjacent to an activating group) is 1. The molecule has 0 aliphatic carbocycles. The van der Waals surface area contributed by atoms with Gasteiger partial charge in [0.05, 0.1) is 7.11 Å². The van der Waals surface area contributed by atoms with Crippen LogP contribution in [0.1, 0.15) is 19.4 Å². The van der Waals surface area contributed by atoms with Crippen LogP contribution in [-0.2, 0) is 19.1 Å². The molecule has 7 heteroatoms. The number of hydrogen-bond acceptors (Lipinski definition) is 5. The van der Waals surface area contributed by atoms with E-state index >= 15 is 0 Å². The number of rotatable bonds is 8. The highest BCUT2D eigenvalue weighted by molar-refractivity contribution is 5.92. The molecule has 7 nitrogen and oxygen atoms in total. The molecule has 148 valence electrons. The predicted octanol–water partition coefficient (Wildman–Crippen LogP) is 2.05. The van der Waals surface area contributed by atoms with Gasteiger partial charge in [-0.3, -0.25) is 9.59 Å². The van der Waals surface area contributed by atoms with Crippen LogP contribution in [0.5, 0.6) is 5.75 Å². The van der Waals surface area contributed by atoms with Gasteiger partial charge in [-0.15, -0.1) is 0 Å². The first-order chi connectivity index (χ1) is 13.4. The highest BCUT2D eigenvalue weighted by atomic mass is 16.5.